The highest BCUT2D eigenvalue weighted by atomic mass is 16.2. The summed E-state index contributed by atoms with van der Waals surface area (Å²) in [5, 5.41) is 5.68. The Morgan fingerprint density at radius 1 is 1.10 bits per heavy atom. The molecule has 29 heavy (non-hydrogen) atoms. The first-order chi connectivity index (χ1) is 13.8. The normalized spacial score (nSPS) is 29.7. The van der Waals surface area contributed by atoms with Gasteiger partial charge in [0.15, 0.2) is 0 Å². The van der Waals surface area contributed by atoms with E-state index >= 15 is 0 Å². The van der Waals surface area contributed by atoms with Gasteiger partial charge in [0.1, 0.15) is 6.04 Å². The van der Waals surface area contributed by atoms with Crippen LogP contribution in [0.15, 0.2) is 18.2 Å². The van der Waals surface area contributed by atoms with Gasteiger partial charge in [0.25, 0.3) is 11.8 Å². The molecule has 1 atom stereocenters. The van der Waals surface area contributed by atoms with Crippen LogP contribution in [0.2, 0.25) is 0 Å². The summed E-state index contributed by atoms with van der Waals surface area (Å²) in [5.41, 5.74) is 7.45. The summed E-state index contributed by atoms with van der Waals surface area (Å²) in [6.07, 6.45) is 4.36. The minimum Gasteiger partial charge on any atom is -0.382 e. The summed E-state index contributed by atoms with van der Waals surface area (Å²) in [6, 6.07) is 4.48. The number of amides is 4. The topological polar surface area (TPSA) is 122 Å². The second-order valence-electron chi connectivity index (χ2n) is 8.64. The van der Waals surface area contributed by atoms with Gasteiger partial charge in [-0.05, 0) is 62.3 Å². The molecule has 0 radical (unpaired) electrons. The first kappa shape index (κ1) is 19.6. The molecule has 4 amide bonds. The van der Waals surface area contributed by atoms with Crippen LogP contribution in [0.4, 0.5) is 5.69 Å². The van der Waals surface area contributed by atoms with E-state index in [0.29, 0.717) is 23.7 Å². The maximum absolute atomic E-state index is 12.9. The maximum Gasteiger partial charge on any atom is 0.262 e. The van der Waals surface area contributed by atoms with E-state index in [4.69, 9.17) is 5.73 Å². The monoisotopic (exact) mass is 398 g/mol. The number of carbonyl (C=O) groups is 4. The molecule has 8 heteroatoms. The van der Waals surface area contributed by atoms with Crippen molar-refractivity contribution < 1.29 is 19.2 Å². The second kappa shape index (κ2) is 7.26. The number of imide groups is 2. The van der Waals surface area contributed by atoms with Gasteiger partial charge in [-0.1, -0.05) is 6.92 Å². The zero-order chi connectivity index (χ0) is 20.8. The van der Waals surface area contributed by atoms with Crippen LogP contribution in [0.5, 0.6) is 0 Å². The third kappa shape index (κ3) is 3.53. The zero-order valence-corrected chi connectivity index (χ0v) is 16.5. The number of fused-ring (bicyclic) bond motifs is 1. The Balaban J connectivity index is 1.49. The molecule has 8 nitrogen and oxygen atoms in total. The molecule has 4 N–H and O–H groups in total. The van der Waals surface area contributed by atoms with E-state index in [0.717, 1.165) is 36.3 Å². The molecule has 2 heterocycles. The number of nitrogens with zero attached hydrogens (tertiary/aromatic N) is 1. The molecule has 0 aromatic heterocycles. The van der Waals surface area contributed by atoms with Crippen LogP contribution in [-0.4, -0.2) is 47.2 Å². The van der Waals surface area contributed by atoms with Crippen LogP contribution in [0.3, 0.4) is 0 Å². The number of anilines is 1. The molecule has 2 aliphatic heterocycles. The van der Waals surface area contributed by atoms with Crippen LogP contribution < -0.4 is 16.4 Å². The molecule has 3 aliphatic rings. The number of nitrogens with one attached hydrogen (secondary N) is 2. The molecule has 1 aliphatic carbocycles. The third-order valence-corrected chi connectivity index (χ3v) is 6.50. The van der Waals surface area contributed by atoms with E-state index in [9.17, 15) is 19.2 Å². The lowest BCUT2D eigenvalue weighted by atomic mass is 9.74. The van der Waals surface area contributed by atoms with Crippen LogP contribution in [-0.2, 0) is 9.59 Å². The standard InChI is InChI=1S/C21H26N4O4/c1-21(11-22)8-6-12(7-9-21)23-13-2-3-14-15(10-13)20(29)25(19(14)28)16-4-5-17(26)24-18(16)27/h2-3,10,12,16,23H,4-9,11,22H2,1H3,(H,24,26,27). The number of nitrogens with two attached hydrogens (primary N) is 1. The van der Waals surface area contributed by atoms with Gasteiger partial charge in [-0.2, -0.15) is 0 Å². The summed E-state index contributed by atoms with van der Waals surface area (Å²) in [6.45, 7) is 2.90. The Bertz CT molecular complexity index is 889. The van der Waals surface area contributed by atoms with Crippen molar-refractivity contribution in [2.45, 2.75) is 57.5 Å². The summed E-state index contributed by atoms with van der Waals surface area (Å²) < 4.78 is 0. The first-order valence-corrected chi connectivity index (χ1v) is 10.1. The second-order valence-corrected chi connectivity index (χ2v) is 8.64. The molecule has 1 saturated carbocycles. The summed E-state index contributed by atoms with van der Waals surface area (Å²) in [5.74, 6) is -1.95. The Kier molecular flexibility index (Phi) is 4.90. The van der Waals surface area contributed by atoms with Gasteiger partial charge in [0.2, 0.25) is 11.8 Å². The average Bonchev–Trinajstić information content (AvgIpc) is 2.94. The van der Waals surface area contributed by atoms with Gasteiger partial charge >= 0.3 is 0 Å². The van der Waals surface area contributed by atoms with Gasteiger partial charge in [-0.25, -0.2) is 0 Å². The number of piperidine rings is 1. The van der Waals surface area contributed by atoms with Crippen molar-refractivity contribution in [2.75, 3.05) is 11.9 Å². The van der Waals surface area contributed by atoms with Crippen molar-refractivity contribution in [3.8, 4) is 0 Å². The summed E-state index contributed by atoms with van der Waals surface area (Å²) in [4.78, 5) is 50.2. The maximum atomic E-state index is 12.9. The van der Waals surface area contributed by atoms with E-state index in [2.05, 4.69) is 17.6 Å². The smallest absolute Gasteiger partial charge is 0.262 e. The molecule has 1 aromatic rings. The molecule has 2 fully saturated rings. The Morgan fingerprint density at radius 2 is 1.79 bits per heavy atom. The number of hydrogen-bond donors (Lipinski definition) is 3. The van der Waals surface area contributed by atoms with Crippen LogP contribution >= 0.6 is 0 Å². The predicted octanol–water partition coefficient (Wildman–Crippen LogP) is 1.41. The summed E-state index contributed by atoms with van der Waals surface area (Å²) in [7, 11) is 0. The van der Waals surface area contributed by atoms with Gasteiger partial charge < -0.3 is 11.1 Å². The number of hydrogen-bond acceptors (Lipinski definition) is 6. The molecule has 0 spiro atoms. The van der Waals surface area contributed by atoms with Crippen molar-refractivity contribution in [3.05, 3.63) is 29.3 Å². The van der Waals surface area contributed by atoms with Crippen molar-refractivity contribution in [3.63, 3.8) is 0 Å². The largest absolute Gasteiger partial charge is 0.382 e. The summed E-state index contributed by atoms with van der Waals surface area (Å²) >= 11 is 0. The molecular weight excluding hydrogens is 372 g/mol. The fourth-order valence-corrected chi connectivity index (χ4v) is 4.46. The molecule has 1 unspecified atom stereocenters. The van der Waals surface area contributed by atoms with Crippen LogP contribution in [0.1, 0.15) is 66.2 Å². The fraction of sp³-hybridized carbons (Fsp3) is 0.524. The fourth-order valence-electron chi connectivity index (χ4n) is 4.46. The Labute approximate surface area is 169 Å². The zero-order valence-electron chi connectivity index (χ0n) is 16.5. The quantitative estimate of drug-likeness (QED) is 0.659. The van der Waals surface area contributed by atoms with E-state index in [1.807, 2.05) is 0 Å². The van der Waals surface area contributed by atoms with Gasteiger partial charge in [0, 0.05) is 18.2 Å². The predicted molar refractivity (Wildman–Crippen MR) is 106 cm³/mol. The minimum atomic E-state index is -0.941. The molecule has 1 saturated heterocycles. The number of benzene rings is 1. The van der Waals surface area contributed by atoms with Crippen molar-refractivity contribution in [1.82, 2.24) is 10.2 Å². The van der Waals surface area contributed by atoms with Crippen molar-refractivity contribution >= 4 is 29.3 Å². The van der Waals surface area contributed by atoms with Gasteiger partial charge in [0.05, 0.1) is 11.1 Å². The highest BCUT2D eigenvalue weighted by Gasteiger charge is 2.44. The first-order valence-electron chi connectivity index (χ1n) is 10.1. The van der Waals surface area contributed by atoms with Gasteiger partial charge in [-0.15, -0.1) is 0 Å². The van der Waals surface area contributed by atoms with E-state index in [-0.39, 0.29) is 24.2 Å². The Morgan fingerprint density at radius 3 is 2.45 bits per heavy atom. The van der Waals surface area contributed by atoms with Crippen LogP contribution in [0.25, 0.3) is 0 Å². The minimum absolute atomic E-state index is 0.111. The lowest BCUT2D eigenvalue weighted by molar-refractivity contribution is -0.136. The van der Waals surface area contributed by atoms with Crippen LogP contribution in [0, 0.1) is 5.41 Å². The molecule has 154 valence electrons. The number of carbonyl (C=O) groups excluding carboxylic acids is 4. The highest BCUT2D eigenvalue weighted by molar-refractivity contribution is 6.23. The van der Waals surface area contributed by atoms with E-state index in [1.165, 1.54) is 0 Å². The van der Waals surface area contributed by atoms with Gasteiger partial charge in [-0.3, -0.25) is 29.4 Å². The van der Waals surface area contributed by atoms with Crippen molar-refractivity contribution in [2.24, 2.45) is 11.1 Å². The SMILES string of the molecule is CC1(CN)CCC(Nc2ccc3c(c2)C(=O)N(C2CCC(=O)NC2=O)C3=O)CC1. The highest BCUT2D eigenvalue weighted by Crippen LogP contribution is 2.36. The molecule has 0 bridgehead atoms. The lowest BCUT2D eigenvalue weighted by Gasteiger charge is -2.37. The number of rotatable bonds is 4. The molecular formula is C21H26N4O4. The third-order valence-electron chi connectivity index (χ3n) is 6.50. The van der Waals surface area contributed by atoms with E-state index in [1.54, 1.807) is 18.2 Å². The molecule has 1 aromatic carbocycles. The average molecular weight is 398 g/mol. The van der Waals surface area contributed by atoms with Crippen molar-refractivity contribution in [1.29, 1.82) is 0 Å². The Hall–Kier alpha value is -2.74. The van der Waals surface area contributed by atoms with E-state index < -0.39 is 23.8 Å². The molecule has 4 rings (SSSR count). The lowest BCUT2D eigenvalue weighted by Crippen LogP contribution is -2.54.